The van der Waals surface area contributed by atoms with E-state index in [9.17, 15) is 32.9 Å². The molecule has 1 fully saturated rings. The van der Waals surface area contributed by atoms with Gasteiger partial charge < -0.3 is 9.47 Å². The molecule has 1 aliphatic rings. The monoisotopic (exact) mass is 700 g/mol. The molecule has 0 spiro atoms. The van der Waals surface area contributed by atoms with Crippen LogP contribution in [0.25, 0.3) is 6.08 Å². The SMILES string of the molecule is Cc1cccc(OCCN2C(=O)S/C(=C\c3cc(Br)c(Oc4ccc(C(F)(F)F)cc4[N+](=O)[O-])c(Br)c3)C2=O)c1. The van der Waals surface area contributed by atoms with Gasteiger partial charge >= 0.3 is 11.9 Å². The first-order chi connectivity index (χ1) is 18.8. The van der Waals surface area contributed by atoms with E-state index in [1.165, 1.54) is 18.2 Å². The van der Waals surface area contributed by atoms with E-state index in [2.05, 4.69) is 31.9 Å². The van der Waals surface area contributed by atoms with Gasteiger partial charge in [0, 0.05) is 6.07 Å². The number of hydrogen-bond donors (Lipinski definition) is 0. The number of carbonyl (C=O) groups is 2. The van der Waals surface area contributed by atoms with Crippen LogP contribution < -0.4 is 9.47 Å². The van der Waals surface area contributed by atoms with Crippen molar-refractivity contribution < 1.29 is 37.2 Å². The number of alkyl halides is 3. The van der Waals surface area contributed by atoms with Gasteiger partial charge in [-0.1, -0.05) is 12.1 Å². The van der Waals surface area contributed by atoms with E-state index < -0.39 is 39.2 Å². The van der Waals surface area contributed by atoms with Crippen molar-refractivity contribution in [2.75, 3.05) is 13.2 Å². The highest BCUT2D eigenvalue weighted by Gasteiger charge is 2.35. The fraction of sp³-hybridized carbons (Fsp3) is 0.154. The zero-order chi connectivity index (χ0) is 29.2. The lowest BCUT2D eigenvalue weighted by atomic mass is 10.1. The third-order valence-corrected chi connectivity index (χ3v) is 7.55. The van der Waals surface area contributed by atoms with Crippen LogP contribution in [0, 0.1) is 17.0 Å². The van der Waals surface area contributed by atoms with Crippen LogP contribution in [0.1, 0.15) is 16.7 Å². The van der Waals surface area contributed by atoms with Gasteiger partial charge in [-0.3, -0.25) is 24.6 Å². The topological polar surface area (TPSA) is 99.0 Å². The van der Waals surface area contributed by atoms with Gasteiger partial charge in [-0.15, -0.1) is 0 Å². The summed E-state index contributed by atoms with van der Waals surface area (Å²) in [4.78, 5) is 37.0. The largest absolute Gasteiger partial charge is 0.492 e. The Hall–Kier alpha value is -3.36. The van der Waals surface area contributed by atoms with Crippen LogP contribution in [-0.2, 0) is 11.0 Å². The van der Waals surface area contributed by atoms with E-state index in [1.807, 2.05) is 25.1 Å². The second-order valence-corrected chi connectivity index (χ2v) is 11.1. The first-order valence-corrected chi connectivity index (χ1v) is 13.7. The molecule has 208 valence electrons. The molecule has 1 heterocycles. The van der Waals surface area contributed by atoms with Gasteiger partial charge in [0.2, 0.25) is 5.75 Å². The number of carbonyl (C=O) groups excluding carboxylic acids is 2. The van der Waals surface area contributed by atoms with Gasteiger partial charge in [0.05, 0.1) is 30.9 Å². The molecule has 0 saturated carbocycles. The molecule has 1 aliphatic heterocycles. The van der Waals surface area contributed by atoms with E-state index >= 15 is 0 Å². The summed E-state index contributed by atoms with van der Waals surface area (Å²) in [7, 11) is 0. The minimum absolute atomic E-state index is 0.0569. The van der Waals surface area contributed by atoms with Crippen molar-refractivity contribution in [1.82, 2.24) is 4.90 Å². The molecular formula is C26H17Br2F3N2O6S. The highest BCUT2D eigenvalue weighted by Crippen LogP contribution is 2.43. The molecule has 0 atom stereocenters. The van der Waals surface area contributed by atoms with Crippen LogP contribution in [0.15, 0.2) is 68.4 Å². The fourth-order valence-corrected chi connectivity index (χ4v) is 5.85. The van der Waals surface area contributed by atoms with Crippen molar-refractivity contribution in [2.45, 2.75) is 13.1 Å². The van der Waals surface area contributed by atoms with E-state index in [0.717, 1.165) is 28.3 Å². The molecule has 14 heteroatoms. The lowest BCUT2D eigenvalue weighted by Crippen LogP contribution is -2.32. The predicted molar refractivity (Wildman–Crippen MR) is 149 cm³/mol. The number of benzene rings is 3. The van der Waals surface area contributed by atoms with Crippen molar-refractivity contribution in [2.24, 2.45) is 0 Å². The molecule has 0 aromatic heterocycles. The summed E-state index contributed by atoms with van der Waals surface area (Å²) in [5.74, 6) is -0.209. The van der Waals surface area contributed by atoms with Gasteiger partial charge in [0.25, 0.3) is 11.1 Å². The van der Waals surface area contributed by atoms with Crippen LogP contribution in [0.3, 0.4) is 0 Å². The predicted octanol–water partition coefficient (Wildman–Crippen LogP) is 8.35. The number of nitro benzene ring substituents is 1. The maximum absolute atomic E-state index is 13.0. The number of amides is 2. The number of halogens is 5. The first-order valence-electron chi connectivity index (χ1n) is 11.3. The van der Waals surface area contributed by atoms with Gasteiger partial charge in [-0.25, -0.2) is 0 Å². The molecular weight excluding hydrogens is 685 g/mol. The number of aryl methyl sites for hydroxylation is 1. The number of ether oxygens (including phenoxy) is 2. The molecule has 0 N–H and O–H groups in total. The Kier molecular flexibility index (Phi) is 8.90. The quantitative estimate of drug-likeness (QED) is 0.132. The number of thioether (sulfide) groups is 1. The Labute approximate surface area is 246 Å². The normalized spacial score (nSPS) is 14.7. The Morgan fingerprint density at radius 2 is 1.77 bits per heavy atom. The van der Waals surface area contributed by atoms with E-state index in [0.29, 0.717) is 23.4 Å². The molecule has 8 nitrogen and oxygen atoms in total. The maximum Gasteiger partial charge on any atom is 0.416 e. The second kappa shape index (κ2) is 12.0. The fourth-order valence-electron chi connectivity index (χ4n) is 3.60. The molecule has 1 saturated heterocycles. The van der Waals surface area contributed by atoms with Crippen LogP contribution in [0.2, 0.25) is 0 Å². The molecule has 40 heavy (non-hydrogen) atoms. The molecule has 0 radical (unpaired) electrons. The van der Waals surface area contributed by atoms with Crippen LogP contribution in [0.4, 0.5) is 23.7 Å². The summed E-state index contributed by atoms with van der Waals surface area (Å²) < 4.78 is 50.8. The van der Waals surface area contributed by atoms with Gasteiger partial charge in [-0.2, -0.15) is 13.2 Å². The molecule has 0 unspecified atom stereocenters. The zero-order valence-electron chi connectivity index (χ0n) is 20.3. The summed E-state index contributed by atoms with van der Waals surface area (Å²) in [5, 5.41) is 10.9. The van der Waals surface area contributed by atoms with Gasteiger partial charge in [0.1, 0.15) is 12.4 Å². The van der Waals surface area contributed by atoms with Crippen LogP contribution >= 0.6 is 43.6 Å². The summed E-state index contributed by atoms with van der Waals surface area (Å²) in [6.07, 6.45) is -3.27. The number of imide groups is 1. The van der Waals surface area contributed by atoms with Crippen molar-refractivity contribution in [3.05, 3.63) is 95.3 Å². The highest BCUT2D eigenvalue weighted by atomic mass is 79.9. The van der Waals surface area contributed by atoms with Crippen molar-refractivity contribution >= 4 is 66.5 Å². The number of hydrogen-bond acceptors (Lipinski definition) is 7. The van der Waals surface area contributed by atoms with Crippen molar-refractivity contribution in [1.29, 1.82) is 0 Å². The molecule has 2 amide bonds. The number of nitrogens with zero attached hydrogens (tertiary/aromatic N) is 2. The van der Waals surface area contributed by atoms with Crippen LogP contribution in [-0.4, -0.2) is 34.1 Å². The Morgan fingerprint density at radius 3 is 2.40 bits per heavy atom. The number of rotatable bonds is 8. The summed E-state index contributed by atoms with van der Waals surface area (Å²) in [5.41, 5.74) is -0.555. The molecule has 3 aromatic carbocycles. The van der Waals surface area contributed by atoms with E-state index in [-0.39, 0.29) is 32.8 Å². The average Bonchev–Trinajstić information content (AvgIpc) is 3.13. The summed E-state index contributed by atoms with van der Waals surface area (Å²) in [6.45, 7) is 2.10. The number of nitro groups is 1. The lowest BCUT2D eigenvalue weighted by molar-refractivity contribution is -0.385. The molecule has 3 aromatic rings. The Morgan fingerprint density at radius 1 is 1.07 bits per heavy atom. The third-order valence-electron chi connectivity index (χ3n) is 5.46. The lowest BCUT2D eigenvalue weighted by Gasteiger charge is -2.14. The minimum Gasteiger partial charge on any atom is -0.492 e. The standard InChI is InChI=1S/C26H17Br2F3N2O6S/c1-14-3-2-4-17(9-14)38-8-7-32-24(34)22(40-25(32)35)12-15-10-18(27)23(19(28)11-15)39-21-6-5-16(26(29,30)31)13-20(21)33(36)37/h2-6,9-13H,7-8H2,1H3/b22-12-. The molecule has 4 rings (SSSR count). The Bertz CT molecular complexity index is 1520. The summed E-state index contributed by atoms with van der Waals surface area (Å²) >= 11 is 7.35. The zero-order valence-corrected chi connectivity index (χ0v) is 24.3. The smallest absolute Gasteiger partial charge is 0.416 e. The highest BCUT2D eigenvalue weighted by molar-refractivity contribution is 9.11. The average molecular weight is 702 g/mol. The second-order valence-electron chi connectivity index (χ2n) is 8.35. The van der Waals surface area contributed by atoms with Gasteiger partial charge in [0.15, 0.2) is 5.75 Å². The van der Waals surface area contributed by atoms with Crippen molar-refractivity contribution in [3.8, 4) is 17.2 Å². The van der Waals surface area contributed by atoms with Gasteiger partial charge in [-0.05, 0) is 104 Å². The van der Waals surface area contributed by atoms with Crippen LogP contribution in [0.5, 0.6) is 17.2 Å². The third kappa shape index (κ3) is 6.85. The minimum atomic E-state index is -4.76. The van der Waals surface area contributed by atoms with E-state index in [1.54, 1.807) is 6.07 Å². The Balaban J connectivity index is 1.50. The molecule has 0 aliphatic carbocycles. The van der Waals surface area contributed by atoms with E-state index in [4.69, 9.17) is 9.47 Å². The first kappa shape index (κ1) is 29.6. The summed E-state index contributed by atoms with van der Waals surface area (Å²) in [6, 6.07) is 12.4. The van der Waals surface area contributed by atoms with Crippen molar-refractivity contribution in [3.63, 3.8) is 0 Å². The maximum atomic E-state index is 13.0. The molecule has 0 bridgehead atoms.